The number of allylic oxidation sites excluding steroid dienone is 1. The first-order valence-corrected chi connectivity index (χ1v) is 12.8. The van der Waals surface area contributed by atoms with Crippen molar-refractivity contribution < 1.29 is 52.3 Å². The molecule has 1 saturated heterocycles. The van der Waals surface area contributed by atoms with E-state index in [0.29, 0.717) is 17.1 Å². The lowest BCUT2D eigenvalue weighted by Gasteiger charge is -2.45. The molecule has 1 aromatic rings. The molecule has 0 unspecified atom stereocenters. The van der Waals surface area contributed by atoms with Crippen molar-refractivity contribution in [3.63, 3.8) is 0 Å². The molecule has 41 heavy (non-hydrogen) atoms. The van der Waals surface area contributed by atoms with Gasteiger partial charge in [-0.1, -0.05) is 18.1 Å². The third-order valence-corrected chi connectivity index (χ3v) is 6.08. The van der Waals surface area contributed by atoms with Crippen LogP contribution in [0, 0.1) is 12.3 Å². The van der Waals surface area contributed by atoms with Crippen molar-refractivity contribution in [2.75, 3.05) is 13.4 Å². The van der Waals surface area contributed by atoms with Crippen LogP contribution in [0.5, 0.6) is 11.5 Å². The molecule has 1 aliphatic heterocycles. The number of ether oxygens (including phenoxy) is 7. The molecular weight excluding hydrogens is 538 g/mol. The minimum atomic E-state index is -1.26. The van der Waals surface area contributed by atoms with Crippen LogP contribution >= 0.6 is 0 Å². The second-order valence-electron chi connectivity index (χ2n) is 9.22. The van der Waals surface area contributed by atoms with Crippen molar-refractivity contribution >= 4 is 29.9 Å². The number of fused-ring (bicyclic) bond motifs is 1. The average molecular weight is 572 g/mol. The zero-order valence-corrected chi connectivity index (χ0v) is 23.4. The lowest BCUT2D eigenvalue weighted by atomic mass is 9.82. The summed E-state index contributed by atoms with van der Waals surface area (Å²) in [4.78, 5) is 49.5. The van der Waals surface area contributed by atoms with Crippen LogP contribution in [0.25, 0.3) is 6.08 Å². The highest BCUT2D eigenvalue weighted by molar-refractivity contribution is 5.97. The molecule has 12 heteroatoms. The molecule has 0 bridgehead atoms. The highest BCUT2D eigenvalue weighted by atomic mass is 16.7. The third-order valence-electron chi connectivity index (χ3n) is 6.08. The van der Waals surface area contributed by atoms with Gasteiger partial charge in [0.15, 0.2) is 29.8 Å². The lowest BCUT2D eigenvalue weighted by molar-refractivity contribution is -0.205. The van der Waals surface area contributed by atoms with E-state index in [1.54, 1.807) is 44.2 Å². The van der Waals surface area contributed by atoms with Crippen LogP contribution in [0.1, 0.15) is 40.2 Å². The summed E-state index contributed by atoms with van der Waals surface area (Å²) in [6.45, 7) is 6.75. The Hall–Kier alpha value is -4.34. The van der Waals surface area contributed by atoms with Gasteiger partial charge in [-0.2, -0.15) is 0 Å². The summed E-state index contributed by atoms with van der Waals surface area (Å²) in [5.74, 6) is 0.571. The minimum absolute atomic E-state index is 0.0438. The molecule has 2 aliphatic rings. The molecule has 3 rings (SSSR count). The Morgan fingerprint density at radius 3 is 2.17 bits per heavy atom. The summed E-state index contributed by atoms with van der Waals surface area (Å²) in [7, 11) is 0. The summed E-state index contributed by atoms with van der Waals surface area (Å²) in [6.07, 6.45) is 4.70. The first kappa shape index (κ1) is 31.2. The standard InChI is InChI=1S/C29H33NO11/c1-7-11-35-21-10-9-20(14-22(21)36-12-8-2)13-16(3)29(34)30-23-24(39-17(4)31)26-27(38-15-37-26)28(41-19(6)33)25(23)40-18(5)32/h1,8-10,12-14,23-28H,11,15H2,2-6H3,(H,30,34)/b12-8+,16-13+/t23-,24+,25-,26-,27-,28+/m0/s1. The Kier molecular flexibility index (Phi) is 10.9. The normalized spacial score (nSPS) is 25.4. The smallest absolute Gasteiger partial charge is 0.303 e. The molecule has 0 radical (unpaired) electrons. The molecule has 1 N–H and O–H groups in total. The molecule has 1 saturated carbocycles. The van der Waals surface area contributed by atoms with E-state index in [-0.39, 0.29) is 19.0 Å². The fraction of sp³-hybridized carbons (Fsp3) is 0.448. The highest BCUT2D eigenvalue weighted by Crippen LogP contribution is 2.35. The zero-order chi connectivity index (χ0) is 30.1. The van der Waals surface area contributed by atoms with Crippen molar-refractivity contribution in [3.05, 3.63) is 41.7 Å². The van der Waals surface area contributed by atoms with E-state index < -0.39 is 60.4 Å². The van der Waals surface area contributed by atoms with E-state index in [9.17, 15) is 19.2 Å². The molecule has 2 fully saturated rings. The van der Waals surface area contributed by atoms with Crippen molar-refractivity contribution in [3.8, 4) is 23.8 Å². The van der Waals surface area contributed by atoms with Gasteiger partial charge in [-0.15, -0.1) is 6.42 Å². The van der Waals surface area contributed by atoms with Crippen LogP contribution in [0.4, 0.5) is 0 Å². The van der Waals surface area contributed by atoms with Gasteiger partial charge in [0.2, 0.25) is 5.91 Å². The van der Waals surface area contributed by atoms with Crippen molar-refractivity contribution in [1.29, 1.82) is 0 Å². The monoisotopic (exact) mass is 571 g/mol. The van der Waals surface area contributed by atoms with E-state index >= 15 is 0 Å². The van der Waals surface area contributed by atoms with Crippen molar-refractivity contribution in [2.45, 2.75) is 71.2 Å². The zero-order valence-electron chi connectivity index (χ0n) is 23.4. The third kappa shape index (κ3) is 8.09. The molecule has 1 aliphatic carbocycles. The maximum Gasteiger partial charge on any atom is 0.303 e. The Labute approximate surface area is 237 Å². The maximum absolute atomic E-state index is 13.4. The first-order chi connectivity index (χ1) is 19.5. The van der Waals surface area contributed by atoms with E-state index in [0.717, 1.165) is 6.92 Å². The van der Waals surface area contributed by atoms with E-state index in [1.807, 2.05) is 0 Å². The maximum atomic E-state index is 13.4. The van der Waals surface area contributed by atoms with Gasteiger partial charge in [0.05, 0.1) is 6.26 Å². The molecule has 1 heterocycles. The van der Waals surface area contributed by atoms with E-state index in [4.69, 9.17) is 39.6 Å². The second kappa shape index (κ2) is 14.3. The second-order valence-corrected chi connectivity index (χ2v) is 9.22. The van der Waals surface area contributed by atoms with Crippen LogP contribution < -0.4 is 14.8 Å². The Morgan fingerprint density at radius 1 is 0.951 bits per heavy atom. The van der Waals surface area contributed by atoms with Crippen LogP contribution in [0.15, 0.2) is 36.1 Å². The quantitative estimate of drug-likeness (QED) is 0.145. The number of benzene rings is 1. The molecule has 0 aromatic heterocycles. The number of esters is 3. The predicted octanol–water partition coefficient (Wildman–Crippen LogP) is 2.05. The van der Waals surface area contributed by atoms with Gasteiger partial charge in [-0.3, -0.25) is 19.2 Å². The Morgan fingerprint density at radius 2 is 1.56 bits per heavy atom. The van der Waals surface area contributed by atoms with Crippen molar-refractivity contribution in [2.24, 2.45) is 0 Å². The number of carbonyl (C=O) groups is 4. The molecule has 0 spiro atoms. The number of carbonyl (C=O) groups excluding carboxylic acids is 4. The summed E-state index contributed by atoms with van der Waals surface area (Å²) >= 11 is 0. The molecule has 220 valence electrons. The number of hydrogen-bond acceptors (Lipinski definition) is 11. The fourth-order valence-corrected chi connectivity index (χ4v) is 4.55. The molecule has 12 nitrogen and oxygen atoms in total. The van der Waals surface area contributed by atoms with Gasteiger partial charge in [0.25, 0.3) is 0 Å². The lowest BCUT2D eigenvalue weighted by Crippen LogP contribution is -2.70. The summed E-state index contributed by atoms with van der Waals surface area (Å²) in [5.41, 5.74) is 0.851. The fourth-order valence-electron chi connectivity index (χ4n) is 4.55. The Balaban J connectivity index is 1.94. The molecule has 1 aromatic carbocycles. The van der Waals surface area contributed by atoms with Gasteiger partial charge in [-0.25, -0.2) is 0 Å². The summed E-state index contributed by atoms with van der Waals surface area (Å²) in [5, 5.41) is 2.78. The van der Waals surface area contributed by atoms with Crippen LogP contribution in [0.2, 0.25) is 0 Å². The van der Waals surface area contributed by atoms with Crippen molar-refractivity contribution in [1.82, 2.24) is 5.32 Å². The van der Waals surface area contributed by atoms with E-state index in [1.165, 1.54) is 20.1 Å². The topological polar surface area (TPSA) is 145 Å². The molecule has 1 amide bonds. The number of amides is 1. The largest absolute Gasteiger partial charge is 0.477 e. The van der Waals surface area contributed by atoms with E-state index in [2.05, 4.69) is 11.2 Å². The summed E-state index contributed by atoms with van der Waals surface area (Å²) in [6, 6.07) is 3.87. The first-order valence-electron chi connectivity index (χ1n) is 12.8. The van der Waals surface area contributed by atoms with Gasteiger partial charge in [0.1, 0.15) is 31.6 Å². The summed E-state index contributed by atoms with van der Waals surface area (Å²) < 4.78 is 38.8. The van der Waals surface area contributed by atoms with Gasteiger partial charge in [-0.05, 0) is 37.6 Å². The average Bonchev–Trinajstić information content (AvgIpc) is 3.40. The van der Waals surface area contributed by atoms with Crippen LogP contribution in [-0.4, -0.2) is 73.8 Å². The minimum Gasteiger partial charge on any atom is -0.477 e. The van der Waals surface area contributed by atoms with Gasteiger partial charge >= 0.3 is 17.9 Å². The predicted molar refractivity (Wildman–Crippen MR) is 143 cm³/mol. The van der Waals surface area contributed by atoms with Gasteiger partial charge in [0, 0.05) is 26.3 Å². The SMILES string of the molecule is C#CCOc1ccc(/C=C(\C)C(=O)N[C@H]2[C@@H](OC(C)=O)[C@@H]3OCO[C@@H]3[C@H](OC(C)=O)[C@H]2OC(C)=O)cc1O/C=C/C. The van der Waals surface area contributed by atoms with Gasteiger partial charge < -0.3 is 38.5 Å². The molecule has 6 atom stereocenters. The number of hydrogen-bond donors (Lipinski definition) is 1. The Bertz CT molecular complexity index is 1250. The highest BCUT2D eigenvalue weighted by Gasteiger charge is 2.59. The molecular formula is C29H33NO11. The number of terminal acetylenes is 1. The number of rotatable bonds is 10. The number of nitrogens with one attached hydrogen (secondary N) is 1. The van der Waals surface area contributed by atoms with Crippen LogP contribution in [0.3, 0.4) is 0 Å². The van der Waals surface area contributed by atoms with Crippen LogP contribution in [-0.2, 0) is 42.9 Å².